The normalized spacial score (nSPS) is 24.9. The molecule has 1 aromatic rings. The summed E-state index contributed by atoms with van der Waals surface area (Å²) in [6.45, 7) is 4.71. The summed E-state index contributed by atoms with van der Waals surface area (Å²) in [5, 5.41) is 12.1. The summed E-state index contributed by atoms with van der Waals surface area (Å²) >= 11 is 0. The van der Waals surface area contributed by atoms with Crippen LogP contribution in [0.4, 0.5) is 0 Å². The molecule has 1 aliphatic rings. The van der Waals surface area contributed by atoms with E-state index in [0.29, 0.717) is 6.04 Å². The van der Waals surface area contributed by atoms with E-state index in [9.17, 15) is 4.79 Å². The van der Waals surface area contributed by atoms with Gasteiger partial charge in [0.25, 0.3) is 0 Å². The molecule has 1 heterocycles. The Bertz CT molecular complexity index is 394. The molecular formula is C14H20N2O2. The summed E-state index contributed by atoms with van der Waals surface area (Å²) in [4.78, 5) is 13.1. The van der Waals surface area contributed by atoms with E-state index in [1.165, 1.54) is 5.56 Å². The first-order chi connectivity index (χ1) is 8.65. The first-order valence-corrected chi connectivity index (χ1v) is 6.38. The molecule has 2 N–H and O–H groups in total. The minimum Gasteiger partial charge on any atom is -0.481 e. The fourth-order valence-electron chi connectivity index (χ4n) is 2.38. The Morgan fingerprint density at radius 2 is 2.17 bits per heavy atom. The van der Waals surface area contributed by atoms with Crippen molar-refractivity contribution < 1.29 is 9.90 Å². The number of aliphatic carboxylic acids is 1. The van der Waals surface area contributed by atoms with Gasteiger partial charge in [-0.05, 0) is 12.5 Å². The number of nitrogens with one attached hydrogen (secondary N) is 1. The van der Waals surface area contributed by atoms with Crippen molar-refractivity contribution >= 4 is 5.97 Å². The molecule has 98 valence electrons. The third-order valence-electron chi connectivity index (χ3n) is 3.43. The molecule has 0 radical (unpaired) electrons. The van der Waals surface area contributed by atoms with Crippen molar-refractivity contribution in [3.05, 3.63) is 35.9 Å². The molecule has 0 aliphatic carbocycles. The lowest BCUT2D eigenvalue weighted by Gasteiger charge is -2.38. The maximum Gasteiger partial charge on any atom is 0.304 e. The van der Waals surface area contributed by atoms with Crippen LogP contribution in [0, 0.1) is 0 Å². The van der Waals surface area contributed by atoms with Gasteiger partial charge in [-0.2, -0.15) is 0 Å². The maximum absolute atomic E-state index is 10.8. The molecule has 0 amide bonds. The maximum atomic E-state index is 10.8. The van der Waals surface area contributed by atoms with Crippen LogP contribution < -0.4 is 5.32 Å². The summed E-state index contributed by atoms with van der Waals surface area (Å²) in [5.74, 6) is -0.735. The highest BCUT2D eigenvalue weighted by molar-refractivity contribution is 5.67. The van der Waals surface area contributed by atoms with Crippen LogP contribution in [0.3, 0.4) is 0 Å². The molecule has 0 aromatic heterocycles. The molecule has 4 heteroatoms. The molecule has 1 saturated heterocycles. The van der Waals surface area contributed by atoms with E-state index < -0.39 is 5.97 Å². The Morgan fingerprint density at radius 3 is 2.83 bits per heavy atom. The van der Waals surface area contributed by atoms with Gasteiger partial charge >= 0.3 is 5.97 Å². The van der Waals surface area contributed by atoms with Crippen LogP contribution in [-0.4, -0.2) is 41.1 Å². The predicted octanol–water partition coefficient (Wildman–Crippen LogP) is 1.32. The van der Waals surface area contributed by atoms with Gasteiger partial charge in [0.15, 0.2) is 0 Å². The molecule has 0 bridgehead atoms. The number of carbonyl (C=O) groups is 1. The van der Waals surface area contributed by atoms with Crippen molar-refractivity contribution in [3.63, 3.8) is 0 Å². The molecule has 18 heavy (non-hydrogen) atoms. The van der Waals surface area contributed by atoms with Gasteiger partial charge in [-0.15, -0.1) is 0 Å². The molecule has 2 atom stereocenters. The average Bonchev–Trinajstić information content (AvgIpc) is 2.34. The average molecular weight is 248 g/mol. The Hall–Kier alpha value is -1.39. The minimum absolute atomic E-state index is 0.0578. The van der Waals surface area contributed by atoms with Gasteiger partial charge < -0.3 is 10.4 Å². The number of carboxylic acid groups (broad SMARTS) is 1. The monoisotopic (exact) mass is 248 g/mol. The Labute approximate surface area is 108 Å². The first kappa shape index (κ1) is 13.1. The van der Waals surface area contributed by atoms with E-state index in [1.54, 1.807) is 0 Å². The molecule has 1 aromatic carbocycles. The lowest BCUT2D eigenvalue weighted by Crippen LogP contribution is -2.55. The molecular weight excluding hydrogens is 228 g/mol. The third kappa shape index (κ3) is 3.55. The van der Waals surface area contributed by atoms with Gasteiger partial charge in [-0.3, -0.25) is 9.69 Å². The van der Waals surface area contributed by atoms with Gasteiger partial charge in [0.1, 0.15) is 0 Å². The van der Waals surface area contributed by atoms with Crippen molar-refractivity contribution in [1.29, 1.82) is 0 Å². The summed E-state index contributed by atoms with van der Waals surface area (Å²) in [7, 11) is 0. The highest BCUT2D eigenvalue weighted by Gasteiger charge is 2.26. The number of benzene rings is 1. The highest BCUT2D eigenvalue weighted by atomic mass is 16.4. The number of piperazine rings is 1. The summed E-state index contributed by atoms with van der Waals surface area (Å²) < 4.78 is 0. The van der Waals surface area contributed by atoms with E-state index in [1.807, 2.05) is 18.2 Å². The lowest BCUT2D eigenvalue weighted by atomic mass is 10.1. The number of carboxylic acids is 1. The lowest BCUT2D eigenvalue weighted by molar-refractivity contribution is -0.138. The summed E-state index contributed by atoms with van der Waals surface area (Å²) in [6.07, 6.45) is 0.192. The number of rotatable bonds is 4. The van der Waals surface area contributed by atoms with Crippen molar-refractivity contribution in [2.75, 3.05) is 13.1 Å². The second kappa shape index (κ2) is 5.98. The molecule has 1 aliphatic heterocycles. The molecule has 0 unspecified atom stereocenters. The van der Waals surface area contributed by atoms with Gasteiger partial charge in [-0.25, -0.2) is 0 Å². The molecule has 0 spiro atoms. The Balaban J connectivity index is 1.95. The van der Waals surface area contributed by atoms with Crippen LogP contribution in [-0.2, 0) is 11.3 Å². The molecule has 4 nitrogen and oxygen atoms in total. The van der Waals surface area contributed by atoms with Gasteiger partial charge in [0.05, 0.1) is 6.42 Å². The zero-order valence-electron chi connectivity index (χ0n) is 10.7. The van der Waals surface area contributed by atoms with Crippen molar-refractivity contribution in [1.82, 2.24) is 10.2 Å². The van der Waals surface area contributed by atoms with Crippen molar-refractivity contribution in [2.24, 2.45) is 0 Å². The SMILES string of the molecule is C[C@H]1CN[C@@H](CC(=O)O)CN1Cc1ccccc1. The molecule has 2 rings (SSSR count). The van der Waals surface area contributed by atoms with Crippen LogP contribution in [0.5, 0.6) is 0 Å². The van der Waals surface area contributed by atoms with Gasteiger partial charge in [-0.1, -0.05) is 30.3 Å². The number of hydrogen-bond acceptors (Lipinski definition) is 3. The van der Waals surface area contributed by atoms with E-state index in [2.05, 4.69) is 29.3 Å². The zero-order chi connectivity index (χ0) is 13.0. The third-order valence-corrected chi connectivity index (χ3v) is 3.43. The van der Waals surface area contributed by atoms with Crippen LogP contribution >= 0.6 is 0 Å². The predicted molar refractivity (Wildman–Crippen MR) is 70.4 cm³/mol. The fourth-order valence-corrected chi connectivity index (χ4v) is 2.38. The van der Waals surface area contributed by atoms with Gasteiger partial charge in [0.2, 0.25) is 0 Å². The van der Waals surface area contributed by atoms with Crippen molar-refractivity contribution in [3.8, 4) is 0 Å². The number of nitrogens with zero attached hydrogens (tertiary/aromatic N) is 1. The van der Waals surface area contributed by atoms with Crippen LogP contribution in [0.2, 0.25) is 0 Å². The Morgan fingerprint density at radius 1 is 1.44 bits per heavy atom. The Kier molecular flexibility index (Phi) is 4.33. The molecule has 1 fully saturated rings. The van der Waals surface area contributed by atoms with Crippen molar-refractivity contribution in [2.45, 2.75) is 32.0 Å². The van der Waals surface area contributed by atoms with Crippen LogP contribution in [0.25, 0.3) is 0 Å². The highest BCUT2D eigenvalue weighted by Crippen LogP contribution is 2.13. The topological polar surface area (TPSA) is 52.6 Å². The largest absolute Gasteiger partial charge is 0.481 e. The minimum atomic E-state index is -0.735. The fraction of sp³-hybridized carbons (Fsp3) is 0.500. The second-order valence-corrected chi connectivity index (χ2v) is 4.97. The van der Waals surface area contributed by atoms with Crippen LogP contribution in [0.1, 0.15) is 18.9 Å². The standard InChI is InChI=1S/C14H20N2O2/c1-11-8-15-13(7-14(17)18)10-16(11)9-12-5-3-2-4-6-12/h2-6,11,13,15H,7-10H2,1H3,(H,17,18)/t11-,13-/m0/s1. The van der Waals surface area contributed by atoms with E-state index in [0.717, 1.165) is 19.6 Å². The second-order valence-electron chi connectivity index (χ2n) is 4.97. The first-order valence-electron chi connectivity index (χ1n) is 6.38. The quantitative estimate of drug-likeness (QED) is 0.844. The zero-order valence-corrected chi connectivity index (χ0v) is 10.7. The number of hydrogen-bond donors (Lipinski definition) is 2. The van der Waals surface area contributed by atoms with Gasteiger partial charge in [0, 0.05) is 31.7 Å². The van der Waals surface area contributed by atoms with E-state index >= 15 is 0 Å². The summed E-state index contributed by atoms with van der Waals surface area (Å²) in [5.41, 5.74) is 1.28. The van der Waals surface area contributed by atoms with Crippen LogP contribution in [0.15, 0.2) is 30.3 Å². The molecule has 0 saturated carbocycles. The van der Waals surface area contributed by atoms with E-state index in [-0.39, 0.29) is 12.5 Å². The smallest absolute Gasteiger partial charge is 0.304 e. The summed E-state index contributed by atoms with van der Waals surface area (Å²) in [6, 6.07) is 10.8. The van der Waals surface area contributed by atoms with E-state index in [4.69, 9.17) is 5.11 Å².